The van der Waals surface area contributed by atoms with Gasteiger partial charge in [0.2, 0.25) is 0 Å². The minimum atomic E-state index is 1.09. The fraction of sp³-hybridized carbons (Fsp3) is 0.182. The highest BCUT2D eigenvalue weighted by Crippen LogP contribution is 2.21. The van der Waals surface area contributed by atoms with E-state index in [0.717, 1.165) is 10.7 Å². The van der Waals surface area contributed by atoms with Gasteiger partial charge in [0.05, 0.1) is 10.7 Å². The van der Waals surface area contributed by atoms with Crippen LogP contribution in [0, 0.1) is 13.8 Å². The van der Waals surface area contributed by atoms with E-state index in [9.17, 15) is 0 Å². The molecule has 2 rings (SSSR count). The van der Waals surface area contributed by atoms with Gasteiger partial charge in [0.15, 0.2) is 0 Å². The summed E-state index contributed by atoms with van der Waals surface area (Å²) >= 11 is 1.69. The number of hydrogen-bond donors (Lipinski definition) is 0. The summed E-state index contributed by atoms with van der Waals surface area (Å²) in [4.78, 5) is 4.43. The number of rotatable bonds is 1. The van der Waals surface area contributed by atoms with Gasteiger partial charge in [-0.3, -0.25) is 0 Å². The number of hydrogen-bond acceptors (Lipinski definition) is 2. The molecule has 0 N–H and O–H groups in total. The molecular formula is C11H11NS. The highest BCUT2D eigenvalue weighted by Gasteiger charge is 2.00. The highest BCUT2D eigenvalue weighted by molar-refractivity contribution is 7.09. The second kappa shape index (κ2) is 3.30. The fourth-order valence-electron chi connectivity index (χ4n) is 1.22. The van der Waals surface area contributed by atoms with Gasteiger partial charge in [-0.25, -0.2) is 4.98 Å². The van der Waals surface area contributed by atoms with Crippen LogP contribution in [0.25, 0.3) is 11.3 Å². The van der Waals surface area contributed by atoms with E-state index in [4.69, 9.17) is 0 Å². The fourth-order valence-corrected chi connectivity index (χ4v) is 1.84. The Hall–Kier alpha value is -1.15. The van der Waals surface area contributed by atoms with Crippen LogP contribution in [0.3, 0.4) is 0 Å². The minimum Gasteiger partial charge on any atom is -0.242 e. The first kappa shape index (κ1) is 8.45. The molecule has 0 atom stereocenters. The van der Waals surface area contributed by atoms with E-state index in [2.05, 4.69) is 41.6 Å². The first-order valence-electron chi connectivity index (χ1n) is 4.25. The van der Waals surface area contributed by atoms with Gasteiger partial charge < -0.3 is 0 Å². The standard InChI is InChI=1S/C11H11NS/c1-8-3-5-10(6-4-8)11-7-13-9(2)12-11/h3-7H,1-2H3. The molecule has 13 heavy (non-hydrogen) atoms. The van der Waals surface area contributed by atoms with Gasteiger partial charge >= 0.3 is 0 Å². The summed E-state index contributed by atoms with van der Waals surface area (Å²) in [5.41, 5.74) is 3.58. The molecule has 1 heterocycles. The molecule has 0 aliphatic carbocycles. The Morgan fingerprint density at radius 2 is 1.77 bits per heavy atom. The molecule has 1 nitrogen and oxygen atoms in total. The van der Waals surface area contributed by atoms with E-state index in [1.165, 1.54) is 11.1 Å². The second-order valence-corrected chi connectivity index (χ2v) is 4.18. The molecule has 66 valence electrons. The molecule has 0 bridgehead atoms. The lowest BCUT2D eigenvalue weighted by atomic mass is 10.1. The number of benzene rings is 1. The van der Waals surface area contributed by atoms with E-state index >= 15 is 0 Å². The quantitative estimate of drug-likeness (QED) is 0.669. The van der Waals surface area contributed by atoms with E-state index in [1.807, 2.05) is 6.92 Å². The van der Waals surface area contributed by atoms with E-state index < -0.39 is 0 Å². The Kier molecular flexibility index (Phi) is 2.15. The number of aromatic nitrogens is 1. The van der Waals surface area contributed by atoms with Gasteiger partial charge in [-0.15, -0.1) is 11.3 Å². The van der Waals surface area contributed by atoms with Crippen LogP contribution in [0.5, 0.6) is 0 Å². The molecular weight excluding hydrogens is 178 g/mol. The Bertz CT molecular complexity index is 400. The van der Waals surface area contributed by atoms with Crippen LogP contribution in [0.4, 0.5) is 0 Å². The molecule has 0 saturated carbocycles. The molecule has 0 saturated heterocycles. The molecule has 0 aliphatic heterocycles. The van der Waals surface area contributed by atoms with Crippen molar-refractivity contribution in [3.63, 3.8) is 0 Å². The molecule has 1 aromatic heterocycles. The first-order chi connectivity index (χ1) is 6.25. The molecule has 0 amide bonds. The van der Waals surface area contributed by atoms with Crippen LogP contribution < -0.4 is 0 Å². The predicted molar refractivity (Wildman–Crippen MR) is 57.0 cm³/mol. The maximum atomic E-state index is 4.43. The molecule has 0 radical (unpaired) electrons. The van der Waals surface area contributed by atoms with E-state index in [1.54, 1.807) is 11.3 Å². The summed E-state index contributed by atoms with van der Waals surface area (Å²) in [7, 11) is 0. The van der Waals surface area contributed by atoms with E-state index in [-0.39, 0.29) is 0 Å². The summed E-state index contributed by atoms with van der Waals surface area (Å²) in [6, 6.07) is 8.46. The van der Waals surface area contributed by atoms with Gasteiger partial charge in [-0.2, -0.15) is 0 Å². The van der Waals surface area contributed by atoms with Crippen molar-refractivity contribution in [2.45, 2.75) is 13.8 Å². The largest absolute Gasteiger partial charge is 0.242 e. The molecule has 0 unspecified atom stereocenters. The molecule has 0 spiro atoms. The van der Waals surface area contributed by atoms with Crippen molar-refractivity contribution in [1.82, 2.24) is 4.98 Å². The summed E-state index contributed by atoms with van der Waals surface area (Å²) in [5, 5.41) is 3.22. The smallest absolute Gasteiger partial charge is 0.0901 e. The Labute approximate surface area is 82.1 Å². The Morgan fingerprint density at radius 3 is 2.31 bits per heavy atom. The summed E-state index contributed by atoms with van der Waals surface area (Å²) in [6.45, 7) is 4.12. The maximum absolute atomic E-state index is 4.43. The molecule has 1 aromatic carbocycles. The molecule has 0 aliphatic rings. The van der Waals surface area contributed by atoms with Crippen LogP contribution >= 0.6 is 11.3 Å². The topological polar surface area (TPSA) is 12.9 Å². The first-order valence-corrected chi connectivity index (χ1v) is 5.13. The average Bonchev–Trinajstić information content (AvgIpc) is 2.53. The third-order valence-corrected chi connectivity index (χ3v) is 2.74. The van der Waals surface area contributed by atoms with E-state index in [0.29, 0.717) is 0 Å². The normalized spacial score (nSPS) is 10.3. The monoisotopic (exact) mass is 189 g/mol. The van der Waals surface area contributed by atoms with Crippen molar-refractivity contribution < 1.29 is 0 Å². The van der Waals surface area contributed by atoms with Crippen LogP contribution in [-0.2, 0) is 0 Å². The maximum Gasteiger partial charge on any atom is 0.0901 e. The van der Waals surface area contributed by atoms with Crippen molar-refractivity contribution in [2.24, 2.45) is 0 Å². The molecule has 2 heteroatoms. The Morgan fingerprint density at radius 1 is 1.08 bits per heavy atom. The summed E-state index contributed by atoms with van der Waals surface area (Å²) < 4.78 is 0. The van der Waals surface area contributed by atoms with Crippen LogP contribution in [0.2, 0.25) is 0 Å². The van der Waals surface area contributed by atoms with Gasteiger partial charge in [-0.1, -0.05) is 29.8 Å². The number of aryl methyl sites for hydroxylation is 2. The van der Waals surface area contributed by atoms with Crippen molar-refractivity contribution >= 4 is 11.3 Å². The highest BCUT2D eigenvalue weighted by atomic mass is 32.1. The van der Waals surface area contributed by atoms with Crippen molar-refractivity contribution in [3.8, 4) is 11.3 Å². The molecule has 0 fully saturated rings. The lowest BCUT2D eigenvalue weighted by Crippen LogP contribution is -1.78. The third kappa shape index (κ3) is 1.78. The predicted octanol–water partition coefficient (Wildman–Crippen LogP) is 3.43. The van der Waals surface area contributed by atoms with Gasteiger partial charge in [0.25, 0.3) is 0 Å². The van der Waals surface area contributed by atoms with Crippen LogP contribution in [0.15, 0.2) is 29.6 Å². The van der Waals surface area contributed by atoms with Crippen LogP contribution in [-0.4, -0.2) is 4.98 Å². The molecule has 2 aromatic rings. The minimum absolute atomic E-state index is 1.09. The third-order valence-electron chi connectivity index (χ3n) is 1.97. The lowest BCUT2D eigenvalue weighted by Gasteiger charge is -1.96. The van der Waals surface area contributed by atoms with Crippen molar-refractivity contribution in [3.05, 3.63) is 40.2 Å². The second-order valence-electron chi connectivity index (χ2n) is 3.12. The van der Waals surface area contributed by atoms with Crippen molar-refractivity contribution in [1.29, 1.82) is 0 Å². The average molecular weight is 189 g/mol. The summed E-state index contributed by atoms with van der Waals surface area (Å²) in [6.07, 6.45) is 0. The number of nitrogens with zero attached hydrogens (tertiary/aromatic N) is 1. The SMILES string of the molecule is Cc1ccc(-c2csc(C)n2)cc1. The van der Waals surface area contributed by atoms with Gasteiger partial charge in [-0.05, 0) is 13.8 Å². The Balaban J connectivity index is 2.41. The summed E-state index contributed by atoms with van der Waals surface area (Å²) in [5.74, 6) is 0. The zero-order chi connectivity index (χ0) is 9.26. The zero-order valence-electron chi connectivity index (χ0n) is 7.74. The van der Waals surface area contributed by atoms with Gasteiger partial charge in [0.1, 0.15) is 0 Å². The zero-order valence-corrected chi connectivity index (χ0v) is 8.56. The van der Waals surface area contributed by atoms with Crippen molar-refractivity contribution in [2.75, 3.05) is 0 Å². The lowest BCUT2D eigenvalue weighted by molar-refractivity contribution is 1.29. The van der Waals surface area contributed by atoms with Gasteiger partial charge in [0, 0.05) is 10.9 Å². The van der Waals surface area contributed by atoms with Crippen LogP contribution in [0.1, 0.15) is 10.6 Å². The number of thiazole rings is 1.